The molecule has 1 aliphatic carbocycles. The first kappa shape index (κ1) is 23.4. The number of nitrogens with one attached hydrogen (secondary N) is 4. The van der Waals surface area contributed by atoms with Gasteiger partial charge in [-0.25, -0.2) is 4.39 Å². The molecule has 8 heteroatoms. The Morgan fingerprint density at radius 3 is 2.66 bits per heavy atom. The second-order valence-electron chi connectivity index (χ2n) is 7.38. The van der Waals surface area contributed by atoms with Gasteiger partial charge in [-0.05, 0) is 48.9 Å². The van der Waals surface area contributed by atoms with Crippen molar-refractivity contribution in [3.63, 3.8) is 0 Å². The highest BCUT2D eigenvalue weighted by atomic mass is 127. The molecular formula is C21H31FIN5O. The summed E-state index contributed by atoms with van der Waals surface area (Å²) in [6.07, 6.45) is 8.21. The number of guanidine groups is 1. The minimum absolute atomic E-state index is 0. The standard InChI is InChI=1S/C21H30FN5O.HI/c1-23-21(26-11-10-24-20(28)12-15-4-2-3-5-15)25-9-8-16-14-27-19-7-6-17(22)13-18(16)19;/h6-7,13-15,27H,2-5,8-12H2,1H3,(H,24,28)(H2,23,25,26);1H. The summed E-state index contributed by atoms with van der Waals surface area (Å²) in [5.74, 6) is 1.17. The van der Waals surface area contributed by atoms with E-state index in [1.807, 2.05) is 6.20 Å². The molecule has 0 radical (unpaired) electrons. The summed E-state index contributed by atoms with van der Waals surface area (Å²) in [6, 6.07) is 4.77. The van der Waals surface area contributed by atoms with E-state index < -0.39 is 0 Å². The number of nitrogens with zero attached hydrogens (tertiary/aromatic N) is 1. The van der Waals surface area contributed by atoms with Crippen LogP contribution in [0.3, 0.4) is 0 Å². The van der Waals surface area contributed by atoms with Crippen molar-refractivity contribution in [3.05, 3.63) is 35.8 Å². The number of rotatable bonds is 8. The molecule has 0 aliphatic heterocycles. The van der Waals surface area contributed by atoms with E-state index in [2.05, 4.69) is 25.9 Å². The Kier molecular flexibility index (Phi) is 9.69. The molecule has 1 heterocycles. The molecule has 3 rings (SSSR count). The van der Waals surface area contributed by atoms with Gasteiger partial charge in [-0.15, -0.1) is 24.0 Å². The number of fused-ring (bicyclic) bond motifs is 1. The van der Waals surface area contributed by atoms with E-state index in [0.29, 0.717) is 37.9 Å². The highest BCUT2D eigenvalue weighted by molar-refractivity contribution is 14.0. The van der Waals surface area contributed by atoms with Crippen LogP contribution in [0.4, 0.5) is 4.39 Å². The van der Waals surface area contributed by atoms with Crippen LogP contribution < -0.4 is 16.0 Å². The highest BCUT2D eigenvalue weighted by Gasteiger charge is 2.17. The lowest BCUT2D eigenvalue weighted by Crippen LogP contribution is -2.42. The van der Waals surface area contributed by atoms with E-state index in [9.17, 15) is 9.18 Å². The van der Waals surface area contributed by atoms with Gasteiger partial charge in [0.05, 0.1) is 0 Å². The molecule has 6 nitrogen and oxygen atoms in total. The van der Waals surface area contributed by atoms with Crippen LogP contribution in [0.5, 0.6) is 0 Å². The van der Waals surface area contributed by atoms with Crippen molar-refractivity contribution in [1.29, 1.82) is 0 Å². The first-order valence-electron chi connectivity index (χ1n) is 10.1. The van der Waals surface area contributed by atoms with Crippen molar-refractivity contribution in [2.75, 3.05) is 26.7 Å². The minimum atomic E-state index is -0.228. The number of H-pyrrole nitrogens is 1. The van der Waals surface area contributed by atoms with Crippen molar-refractivity contribution in [2.45, 2.75) is 38.5 Å². The Hall–Kier alpha value is -1.84. The summed E-state index contributed by atoms with van der Waals surface area (Å²) in [6.45, 7) is 1.87. The van der Waals surface area contributed by atoms with E-state index in [0.717, 1.165) is 22.9 Å². The third-order valence-electron chi connectivity index (χ3n) is 5.33. The molecule has 160 valence electrons. The SMILES string of the molecule is CN=C(NCCNC(=O)CC1CCCC1)NCCc1c[nH]c2ccc(F)cc12.I. The second-order valence-corrected chi connectivity index (χ2v) is 7.38. The normalized spacial score (nSPS) is 14.6. The average molecular weight is 515 g/mol. The van der Waals surface area contributed by atoms with E-state index in [1.54, 1.807) is 19.2 Å². The highest BCUT2D eigenvalue weighted by Crippen LogP contribution is 2.27. The third kappa shape index (κ3) is 7.17. The maximum absolute atomic E-state index is 13.5. The molecule has 1 saturated carbocycles. The zero-order chi connectivity index (χ0) is 19.8. The van der Waals surface area contributed by atoms with Crippen LogP contribution in [0.15, 0.2) is 29.4 Å². The van der Waals surface area contributed by atoms with Crippen molar-refractivity contribution in [2.24, 2.45) is 10.9 Å². The Morgan fingerprint density at radius 1 is 1.17 bits per heavy atom. The van der Waals surface area contributed by atoms with Gasteiger partial charge in [-0.3, -0.25) is 9.79 Å². The summed E-state index contributed by atoms with van der Waals surface area (Å²) in [4.78, 5) is 19.3. The van der Waals surface area contributed by atoms with Crippen LogP contribution in [0.2, 0.25) is 0 Å². The summed E-state index contributed by atoms with van der Waals surface area (Å²) >= 11 is 0. The molecule has 1 aliphatic rings. The van der Waals surface area contributed by atoms with Crippen molar-refractivity contribution >= 4 is 46.7 Å². The Morgan fingerprint density at radius 2 is 1.90 bits per heavy atom. The van der Waals surface area contributed by atoms with Crippen molar-refractivity contribution in [1.82, 2.24) is 20.9 Å². The van der Waals surface area contributed by atoms with Crippen LogP contribution in [0.1, 0.15) is 37.7 Å². The second kappa shape index (κ2) is 12.0. The zero-order valence-electron chi connectivity index (χ0n) is 16.9. The molecule has 0 spiro atoms. The molecule has 0 saturated heterocycles. The number of amides is 1. The molecule has 0 atom stereocenters. The predicted molar refractivity (Wildman–Crippen MR) is 126 cm³/mol. The summed E-state index contributed by atoms with van der Waals surface area (Å²) in [5.41, 5.74) is 2.00. The number of carbonyl (C=O) groups is 1. The van der Waals surface area contributed by atoms with Crippen molar-refractivity contribution in [3.8, 4) is 0 Å². The number of aliphatic imine (C=N–C) groups is 1. The van der Waals surface area contributed by atoms with Crippen LogP contribution in [0.25, 0.3) is 10.9 Å². The molecule has 1 fully saturated rings. The van der Waals surface area contributed by atoms with Crippen LogP contribution in [0, 0.1) is 11.7 Å². The number of hydrogen-bond donors (Lipinski definition) is 4. The number of aromatic nitrogens is 1. The number of aromatic amines is 1. The van der Waals surface area contributed by atoms with E-state index in [1.165, 1.54) is 31.7 Å². The van der Waals surface area contributed by atoms with Crippen molar-refractivity contribution < 1.29 is 9.18 Å². The monoisotopic (exact) mass is 515 g/mol. The van der Waals surface area contributed by atoms with Gasteiger partial charge in [-0.2, -0.15) is 0 Å². The number of hydrogen-bond acceptors (Lipinski definition) is 2. The fourth-order valence-corrected chi connectivity index (χ4v) is 3.83. The molecule has 2 aromatic rings. The fraction of sp³-hybridized carbons (Fsp3) is 0.524. The Labute approximate surface area is 188 Å². The number of benzene rings is 1. The van der Waals surface area contributed by atoms with Crippen LogP contribution in [-0.2, 0) is 11.2 Å². The fourth-order valence-electron chi connectivity index (χ4n) is 3.83. The van der Waals surface area contributed by atoms with Gasteiger partial charge in [0.25, 0.3) is 0 Å². The molecule has 1 amide bonds. The van der Waals surface area contributed by atoms with Gasteiger partial charge in [0, 0.05) is 50.2 Å². The lowest BCUT2D eigenvalue weighted by molar-refractivity contribution is -0.121. The number of halogens is 2. The minimum Gasteiger partial charge on any atom is -0.361 e. The summed E-state index contributed by atoms with van der Waals surface area (Å²) in [5, 5.41) is 10.3. The van der Waals surface area contributed by atoms with Crippen LogP contribution >= 0.6 is 24.0 Å². The van der Waals surface area contributed by atoms with E-state index in [-0.39, 0.29) is 35.7 Å². The lowest BCUT2D eigenvalue weighted by atomic mass is 10.0. The van der Waals surface area contributed by atoms with E-state index in [4.69, 9.17) is 0 Å². The molecule has 29 heavy (non-hydrogen) atoms. The maximum Gasteiger partial charge on any atom is 0.220 e. The zero-order valence-corrected chi connectivity index (χ0v) is 19.2. The summed E-state index contributed by atoms with van der Waals surface area (Å²) in [7, 11) is 1.72. The van der Waals surface area contributed by atoms with E-state index >= 15 is 0 Å². The topological polar surface area (TPSA) is 81.3 Å². The average Bonchev–Trinajstić information content (AvgIpc) is 3.33. The van der Waals surface area contributed by atoms with Gasteiger partial charge >= 0.3 is 0 Å². The molecule has 1 aromatic heterocycles. The van der Waals surface area contributed by atoms with Gasteiger partial charge in [0.1, 0.15) is 5.82 Å². The van der Waals surface area contributed by atoms with Gasteiger partial charge < -0.3 is 20.9 Å². The van der Waals surface area contributed by atoms with Crippen LogP contribution in [-0.4, -0.2) is 43.5 Å². The Balaban J connectivity index is 0.00000300. The molecule has 0 bridgehead atoms. The first-order chi connectivity index (χ1) is 13.7. The predicted octanol–water partition coefficient (Wildman–Crippen LogP) is 3.33. The van der Waals surface area contributed by atoms with Gasteiger partial charge in [0.2, 0.25) is 5.91 Å². The maximum atomic E-state index is 13.5. The molecule has 1 aromatic carbocycles. The van der Waals surface area contributed by atoms with Gasteiger partial charge in [0.15, 0.2) is 5.96 Å². The quantitative estimate of drug-likeness (QED) is 0.189. The number of carbonyl (C=O) groups excluding carboxylic acids is 1. The molecule has 4 N–H and O–H groups in total. The largest absolute Gasteiger partial charge is 0.361 e. The Bertz CT molecular complexity index is 817. The molecule has 0 unspecified atom stereocenters. The molecular weight excluding hydrogens is 484 g/mol. The smallest absolute Gasteiger partial charge is 0.220 e. The summed E-state index contributed by atoms with van der Waals surface area (Å²) < 4.78 is 13.5. The van der Waals surface area contributed by atoms with Gasteiger partial charge in [-0.1, -0.05) is 12.8 Å². The first-order valence-corrected chi connectivity index (χ1v) is 10.1. The lowest BCUT2D eigenvalue weighted by Gasteiger charge is -2.13. The third-order valence-corrected chi connectivity index (χ3v) is 5.33.